The number of hydrogen-bond acceptors (Lipinski definition) is 3. The summed E-state index contributed by atoms with van der Waals surface area (Å²) in [5, 5.41) is 6.15. The van der Waals surface area contributed by atoms with Gasteiger partial charge in [0.2, 0.25) is 5.91 Å². The van der Waals surface area contributed by atoms with Crippen LogP contribution in [0.5, 0.6) is 0 Å². The summed E-state index contributed by atoms with van der Waals surface area (Å²) in [4.78, 5) is 11.9. The minimum Gasteiger partial charge on any atom is -0.467 e. The van der Waals surface area contributed by atoms with Gasteiger partial charge in [0, 0.05) is 0 Å². The Bertz CT molecular complexity index is 335. The average Bonchev–Trinajstić information content (AvgIpc) is 2.79. The van der Waals surface area contributed by atoms with Crippen LogP contribution < -0.4 is 10.6 Å². The molecule has 16 heavy (non-hydrogen) atoms. The third-order valence-corrected chi connectivity index (χ3v) is 3.07. The maximum absolute atomic E-state index is 11.9. The Labute approximate surface area is 95.4 Å². The monoisotopic (exact) mass is 222 g/mol. The van der Waals surface area contributed by atoms with Crippen LogP contribution in [0.4, 0.5) is 0 Å². The molecule has 1 saturated heterocycles. The van der Waals surface area contributed by atoms with Gasteiger partial charge in [-0.3, -0.25) is 4.79 Å². The Morgan fingerprint density at radius 1 is 1.69 bits per heavy atom. The predicted molar refractivity (Wildman–Crippen MR) is 60.7 cm³/mol. The highest BCUT2D eigenvalue weighted by Crippen LogP contribution is 2.15. The molecule has 0 aromatic carbocycles. The normalized spacial score (nSPS) is 25.3. The van der Waals surface area contributed by atoms with Crippen molar-refractivity contribution in [2.45, 2.75) is 32.4 Å². The third kappa shape index (κ3) is 2.64. The van der Waals surface area contributed by atoms with Crippen molar-refractivity contribution in [3.63, 3.8) is 0 Å². The lowest BCUT2D eigenvalue weighted by atomic mass is 9.92. The summed E-state index contributed by atoms with van der Waals surface area (Å²) < 4.78 is 5.16. The van der Waals surface area contributed by atoms with Gasteiger partial charge >= 0.3 is 0 Å². The first-order chi connectivity index (χ1) is 7.77. The first kappa shape index (κ1) is 11.2. The molecule has 2 heterocycles. The van der Waals surface area contributed by atoms with Gasteiger partial charge in [0.15, 0.2) is 0 Å². The van der Waals surface area contributed by atoms with Crippen LogP contribution in [-0.2, 0) is 11.3 Å². The minimum atomic E-state index is -0.0521. The molecule has 4 heteroatoms. The Morgan fingerprint density at radius 3 is 3.25 bits per heavy atom. The van der Waals surface area contributed by atoms with Crippen molar-refractivity contribution in [2.24, 2.45) is 5.92 Å². The number of carbonyl (C=O) groups is 1. The zero-order valence-electron chi connectivity index (χ0n) is 9.53. The van der Waals surface area contributed by atoms with E-state index in [4.69, 9.17) is 4.42 Å². The van der Waals surface area contributed by atoms with E-state index >= 15 is 0 Å². The highest BCUT2D eigenvalue weighted by Gasteiger charge is 2.26. The van der Waals surface area contributed by atoms with E-state index in [0.717, 1.165) is 25.1 Å². The molecule has 1 aliphatic rings. The van der Waals surface area contributed by atoms with E-state index in [2.05, 4.69) is 17.6 Å². The smallest absolute Gasteiger partial charge is 0.237 e. The highest BCUT2D eigenvalue weighted by atomic mass is 16.3. The molecular weight excluding hydrogens is 204 g/mol. The number of hydrogen-bond donors (Lipinski definition) is 2. The summed E-state index contributed by atoms with van der Waals surface area (Å²) in [6.45, 7) is 3.52. The summed E-state index contributed by atoms with van der Waals surface area (Å²) in [5.74, 6) is 1.27. The second-order valence-corrected chi connectivity index (χ2v) is 4.35. The molecule has 4 nitrogen and oxygen atoms in total. The van der Waals surface area contributed by atoms with Crippen LogP contribution >= 0.6 is 0 Å². The summed E-state index contributed by atoms with van der Waals surface area (Å²) >= 11 is 0. The van der Waals surface area contributed by atoms with Gasteiger partial charge in [-0.05, 0) is 37.4 Å². The molecule has 0 spiro atoms. The molecule has 88 valence electrons. The summed E-state index contributed by atoms with van der Waals surface area (Å²) in [7, 11) is 0. The molecular formula is C12H18N2O2. The zero-order valence-corrected chi connectivity index (χ0v) is 9.53. The molecule has 1 aromatic heterocycles. The van der Waals surface area contributed by atoms with E-state index in [1.807, 2.05) is 12.1 Å². The van der Waals surface area contributed by atoms with Crippen molar-refractivity contribution < 1.29 is 9.21 Å². The van der Waals surface area contributed by atoms with Gasteiger partial charge in [-0.15, -0.1) is 0 Å². The van der Waals surface area contributed by atoms with Gasteiger partial charge in [0.05, 0.1) is 18.8 Å². The quantitative estimate of drug-likeness (QED) is 0.810. The Kier molecular flexibility index (Phi) is 3.62. The van der Waals surface area contributed by atoms with E-state index in [-0.39, 0.29) is 11.9 Å². The van der Waals surface area contributed by atoms with Crippen LogP contribution in [0.25, 0.3) is 0 Å². The second-order valence-electron chi connectivity index (χ2n) is 4.35. The van der Waals surface area contributed by atoms with E-state index in [1.54, 1.807) is 6.26 Å². The fourth-order valence-corrected chi connectivity index (χ4v) is 2.10. The first-order valence-electron chi connectivity index (χ1n) is 5.81. The summed E-state index contributed by atoms with van der Waals surface area (Å²) in [6.07, 6.45) is 3.89. The number of piperidine rings is 1. The first-order valence-corrected chi connectivity index (χ1v) is 5.81. The van der Waals surface area contributed by atoms with Gasteiger partial charge in [-0.1, -0.05) is 6.92 Å². The number of nitrogens with one attached hydrogen (secondary N) is 2. The molecule has 0 saturated carbocycles. The maximum Gasteiger partial charge on any atom is 0.237 e. The number of carbonyl (C=O) groups excluding carboxylic acids is 1. The van der Waals surface area contributed by atoms with E-state index in [1.165, 1.54) is 0 Å². The summed E-state index contributed by atoms with van der Waals surface area (Å²) in [5.41, 5.74) is 0. The zero-order chi connectivity index (χ0) is 11.4. The van der Waals surface area contributed by atoms with Gasteiger partial charge in [0.1, 0.15) is 5.76 Å². The summed E-state index contributed by atoms with van der Waals surface area (Å²) in [6, 6.07) is 3.63. The Balaban J connectivity index is 1.83. The van der Waals surface area contributed by atoms with E-state index < -0.39 is 0 Å². The van der Waals surface area contributed by atoms with Crippen molar-refractivity contribution >= 4 is 5.91 Å². The molecule has 2 unspecified atom stereocenters. The van der Waals surface area contributed by atoms with E-state index in [0.29, 0.717) is 12.5 Å². The fourth-order valence-electron chi connectivity index (χ4n) is 2.10. The van der Waals surface area contributed by atoms with Gasteiger partial charge in [-0.25, -0.2) is 0 Å². The molecule has 2 atom stereocenters. The lowest BCUT2D eigenvalue weighted by Crippen LogP contribution is -2.50. The molecule has 1 aliphatic heterocycles. The van der Waals surface area contributed by atoms with Crippen LogP contribution in [0, 0.1) is 5.92 Å². The predicted octanol–water partition coefficient (Wildman–Crippen LogP) is 1.28. The Morgan fingerprint density at radius 2 is 2.56 bits per heavy atom. The Hall–Kier alpha value is -1.29. The number of rotatable bonds is 3. The lowest BCUT2D eigenvalue weighted by molar-refractivity contribution is -0.125. The van der Waals surface area contributed by atoms with Crippen molar-refractivity contribution in [3.05, 3.63) is 24.2 Å². The van der Waals surface area contributed by atoms with Crippen molar-refractivity contribution in [2.75, 3.05) is 6.54 Å². The SMILES string of the molecule is CC1CCCNC1C(=O)NCc1ccco1. The number of amides is 1. The van der Waals surface area contributed by atoms with Crippen LogP contribution in [0.3, 0.4) is 0 Å². The third-order valence-electron chi connectivity index (χ3n) is 3.07. The average molecular weight is 222 g/mol. The molecule has 1 amide bonds. The molecule has 0 aliphatic carbocycles. The number of furan rings is 1. The van der Waals surface area contributed by atoms with Crippen LogP contribution in [0.1, 0.15) is 25.5 Å². The van der Waals surface area contributed by atoms with E-state index in [9.17, 15) is 4.79 Å². The van der Waals surface area contributed by atoms with Gasteiger partial charge in [-0.2, -0.15) is 0 Å². The topological polar surface area (TPSA) is 54.3 Å². The van der Waals surface area contributed by atoms with Crippen LogP contribution in [0.2, 0.25) is 0 Å². The maximum atomic E-state index is 11.9. The molecule has 1 aromatic rings. The highest BCUT2D eigenvalue weighted by molar-refractivity contribution is 5.82. The largest absolute Gasteiger partial charge is 0.467 e. The lowest BCUT2D eigenvalue weighted by Gasteiger charge is -2.28. The molecule has 0 bridgehead atoms. The standard InChI is InChI=1S/C12H18N2O2/c1-9-4-2-6-13-11(9)12(15)14-8-10-5-3-7-16-10/h3,5,7,9,11,13H,2,4,6,8H2,1H3,(H,14,15). The second kappa shape index (κ2) is 5.16. The van der Waals surface area contributed by atoms with Crippen LogP contribution in [-0.4, -0.2) is 18.5 Å². The van der Waals surface area contributed by atoms with Crippen molar-refractivity contribution in [1.29, 1.82) is 0 Å². The van der Waals surface area contributed by atoms with Crippen molar-refractivity contribution in [1.82, 2.24) is 10.6 Å². The molecule has 2 rings (SSSR count). The molecule has 0 radical (unpaired) electrons. The molecule has 2 N–H and O–H groups in total. The van der Waals surface area contributed by atoms with Gasteiger partial charge < -0.3 is 15.1 Å². The van der Waals surface area contributed by atoms with Crippen molar-refractivity contribution in [3.8, 4) is 0 Å². The minimum absolute atomic E-state index is 0.0521. The van der Waals surface area contributed by atoms with Crippen LogP contribution in [0.15, 0.2) is 22.8 Å². The fraction of sp³-hybridized carbons (Fsp3) is 0.583. The van der Waals surface area contributed by atoms with Gasteiger partial charge in [0.25, 0.3) is 0 Å². The molecule has 1 fully saturated rings.